The van der Waals surface area contributed by atoms with Crippen LogP contribution in [0.4, 0.5) is 0 Å². The fourth-order valence-electron chi connectivity index (χ4n) is 2.52. The average molecular weight is 322 g/mol. The van der Waals surface area contributed by atoms with Gasteiger partial charge in [-0.15, -0.1) is 0 Å². The Bertz CT molecular complexity index is 718. The van der Waals surface area contributed by atoms with Crippen LogP contribution in [0.25, 0.3) is 0 Å². The van der Waals surface area contributed by atoms with Gasteiger partial charge < -0.3 is 4.74 Å². The summed E-state index contributed by atoms with van der Waals surface area (Å²) < 4.78 is 30.2. The summed E-state index contributed by atoms with van der Waals surface area (Å²) in [6.45, 7) is 3.09. The zero-order chi connectivity index (χ0) is 16.4. The van der Waals surface area contributed by atoms with E-state index < -0.39 is 21.2 Å². The molecule has 0 spiro atoms. The summed E-state index contributed by atoms with van der Waals surface area (Å²) in [5.41, 5.74) is -1.41. The molecule has 1 aromatic carbocycles. The first kappa shape index (κ1) is 16.4. The Morgan fingerprint density at radius 1 is 1.23 bits per heavy atom. The van der Waals surface area contributed by atoms with Crippen molar-refractivity contribution in [1.29, 1.82) is 0 Å². The number of ether oxygens (including phenoxy) is 1. The highest BCUT2D eigenvalue weighted by Gasteiger charge is 2.49. The summed E-state index contributed by atoms with van der Waals surface area (Å²) in [6.07, 6.45) is 1.38. The van der Waals surface area contributed by atoms with Gasteiger partial charge in [-0.2, -0.15) is 0 Å². The monoisotopic (exact) mass is 322 g/mol. The minimum Gasteiger partial charge on any atom is -0.465 e. The first-order chi connectivity index (χ1) is 10.3. The lowest BCUT2D eigenvalue weighted by Crippen LogP contribution is -2.37. The summed E-state index contributed by atoms with van der Waals surface area (Å²) in [6, 6.07) is 7.97. The molecule has 1 aliphatic rings. The minimum atomic E-state index is -3.69. The maximum absolute atomic E-state index is 12.6. The van der Waals surface area contributed by atoms with Crippen LogP contribution in [0.15, 0.2) is 46.2 Å². The normalized spacial score (nSPS) is 21.3. The average Bonchev–Trinajstić information content (AvgIpc) is 2.96. The predicted molar refractivity (Wildman–Crippen MR) is 80.7 cm³/mol. The third kappa shape index (κ3) is 2.70. The molecule has 1 atom stereocenters. The van der Waals surface area contributed by atoms with Crippen molar-refractivity contribution in [3.8, 4) is 0 Å². The lowest BCUT2D eigenvalue weighted by atomic mass is 9.81. The third-order valence-corrected chi connectivity index (χ3v) is 5.79. The number of allylic oxidation sites excluding steroid dienone is 2. The van der Waals surface area contributed by atoms with Crippen LogP contribution < -0.4 is 0 Å². The van der Waals surface area contributed by atoms with Crippen molar-refractivity contribution in [3.05, 3.63) is 41.3 Å². The van der Waals surface area contributed by atoms with Crippen molar-refractivity contribution in [2.75, 3.05) is 6.61 Å². The van der Waals surface area contributed by atoms with Gasteiger partial charge in [0.2, 0.25) is 9.84 Å². The van der Waals surface area contributed by atoms with E-state index in [-0.39, 0.29) is 35.0 Å². The lowest BCUT2D eigenvalue weighted by Gasteiger charge is -2.23. The number of carbonyl (C=O) groups is 2. The summed E-state index contributed by atoms with van der Waals surface area (Å²) in [5.74, 6) is -1.03. The van der Waals surface area contributed by atoms with Crippen molar-refractivity contribution in [1.82, 2.24) is 0 Å². The number of Topliss-reactive ketones (excluding diaryl/α,β-unsaturated/α-hetero) is 1. The Balaban J connectivity index is 2.34. The largest absolute Gasteiger partial charge is 0.465 e. The predicted octanol–water partition coefficient (Wildman–Crippen LogP) is 2.28. The molecule has 0 N–H and O–H groups in total. The SMILES string of the molecule is CCOC(=O)C1(C(C)=O)CC=C(S(=O)(=O)c2ccccc2)C1. The van der Waals surface area contributed by atoms with E-state index in [9.17, 15) is 18.0 Å². The van der Waals surface area contributed by atoms with Gasteiger partial charge in [0.05, 0.1) is 11.5 Å². The molecule has 0 heterocycles. The first-order valence-electron chi connectivity index (χ1n) is 7.02. The van der Waals surface area contributed by atoms with Gasteiger partial charge in [-0.25, -0.2) is 8.42 Å². The van der Waals surface area contributed by atoms with Gasteiger partial charge in [0.15, 0.2) is 0 Å². The smallest absolute Gasteiger partial charge is 0.320 e. The molecule has 0 saturated carbocycles. The van der Waals surface area contributed by atoms with E-state index in [0.717, 1.165) is 0 Å². The number of benzene rings is 1. The number of hydrogen-bond donors (Lipinski definition) is 0. The Morgan fingerprint density at radius 3 is 2.41 bits per heavy atom. The highest BCUT2D eigenvalue weighted by atomic mass is 32.2. The van der Waals surface area contributed by atoms with Crippen LogP contribution in [0, 0.1) is 5.41 Å². The fourth-order valence-corrected chi connectivity index (χ4v) is 4.08. The van der Waals surface area contributed by atoms with E-state index >= 15 is 0 Å². The standard InChI is InChI=1S/C16H18O5S/c1-3-21-15(18)16(12(2)17)10-9-14(11-16)22(19,20)13-7-5-4-6-8-13/h4-9H,3,10-11H2,1-2H3. The molecule has 0 aliphatic heterocycles. The van der Waals surface area contributed by atoms with Crippen LogP contribution >= 0.6 is 0 Å². The van der Waals surface area contributed by atoms with Crippen molar-refractivity contribution in [2.45, 2.75) is 31.6 Å². The second kappa shape index (κ2) is 6.04. The van der Waals surface area contributed by atoms with Crippen molar-refractivity contribution >= 4 is 21.6 Å². The van der Waals surface area contributed by atoms with Gasteiger partial charge in [0, 0.05) is 11.3 Å². The molecule has 0 bridgehead atoms. The van der Waals surface area contributed by atoms with Crippen LogP contribution in [0.5, 0.6) is 0 Å². The number of rotatable bonds is 5. The Hall–Kier alpha value is -1.95. The molecule has 2 rings (SSSR count). The molecule has 1 aromatic rings. The molecule has 0 saturated heterocycles. The number of sulfone groups is 1. The fraction of sp³-hybridized carbons (Fsp3) is 0.375. The number of ketones is 1. The highest BCUT2D eigenvalue weighted by Crippen LogP contribution is 2.43. The van der Waals surface area contributed by atoms with Crippen LogP contribution in [-0.2, 0) is 24.2 Å². The molecule has 1 unspecified atom stereocenters. The molecule has 22 heavy (non-hydrogen) atoms. The Labute approximate surface area is 129 Å². The molecule has 0 fully saturated rings. The van der Waals surface area contributed by atoms with Gasteiger partial charge in [-0.3, -0.25) is 9.59 Å². The van der Waals surface area contributed by atoms with Crippen molar-refractivity contribution < 1.29 is 22.7 Å². The second-order valence-corrected chi connectivity index (χ2v) is 7.23. The van der Waals surface area contributed by atoms with E-state index in [4.69, 9.17) is 4.74 Å². The summed E-state index contributed by atoms with van der Waals surface area (Å²) in [5, 5.41) is 0. The molecule has 118 valence electrons. The number of esters is 1. The van der Waals surface area contributed by atoms with E-state index in [1.165, 1.54) is 25.1 Å². The number of carbonyl (C=O) groups excluding carboxylic acids is 2. The summed E-state index contributed by atoms with van der Waals surface area (Å²) >= 11 is 0. The van der Waals surface area contributed by atoms with E-state index in [1.807, 2.05) is 0 Å². The molecule has 6 heteroatoms. The molecule has 5 nitrogen and oxygen atoms in total. The van der Waals surface area contributed by atoms with E-state index in [1.54, 1.807) is 25.1 Å². The molecule has 1 aliphatic carbocycles. The van der Waals surface area contributed by atoms with Crippen molar-refractivity contribution in [2.24, 2.45) is 5.41 Å². The van der Waals surface area contributed by atoms with Gasteiger partial charge in [0.25, 0.3) is 0 Å². The number of hydrogen-bond acceptors (Lipinski definition) is 5. The molecule has 0 aromatic heterocycles. The van der Waals surface area contributed by atoms with Gasteiger partial charge in [-0.05, 0) is 32.4 Å². The van der Waals surface area contributed by atoms with Gasteiger partial charge >= 0.3 is 5.97 Å². The lowest BCUT2D eigenvalue weighted by molar-refractivity contribution is -0.158. The maximum Gasteiger partial charge on any atom is 0.320 e. The second-order valence-electron chi connectivity index (χ2n) is 5.23. The Morgan fingerprint density at radius 2 is 1.86 bits per heavy atom. The molecule has 0 radical (unpaired) electrons. The van der Waals surface area contributed by atoms with E-state index in [2.05, 4.69) is 0 Å². The van der Waals surface area contributed by atoms with Gasteiger partial charge in [0.1, 0.15) is 11.2 Å². The molecule has 0 amide bonds. The van der Waals surface area contributed by atoms with Crippen LogP contribution in [0.1, 0.15) is 26.7 Å². The molecular formula is C16H18O5S. The topological polar surface area (TPSA) is 77.5 Å². The van der Waals surface area contributed by atoms with Crippen LogP contribution in [0.2, 0.25) is 0 Å². The third-order valence-electron chi connectivity index (χ3n) is 3.89. The van der Waals surface area contributed by atoms with Gasteiger partial charge in [-0.1, -0.05) is 24.3 Å². The van der Waals surface area contributed by atoms with E-state index in [0.29, 0.717) is 0 Å². The Kier molecular flexibility index (Phi) is 4.51. The quantitative estimate of drug-likeness (QED) is 0.614. The highest BCUT2D eigenvalue weighted by molar-refractivity contribution is 7.95. The maximum atomic E-state index is 12.6. The van der Waals surface area contributed by atoms with Crippen molar-refractivity contribution in [3.63, 3.8) is 0 Å². The minimum absolute atomic E-state index is 0.0581. The zero-order valence-corrected chi connectivity index (χ0v) is 13.4. The first-order valence-corrected chi connectivity index (χ1v) is 8.50. The summed E-state index contributed by atoms with van der Waals surface area (Å²) in [7, 11) is -3.69. The summed E-state index contributed by atoms with van der Waals surface area (Å²) in [4.78, 5) is 24.4. The van der Waals surface area contributed by atoms with Crippen LogP contribution in [-0.4, -0.2) is 26.8 Å². The molecular weight excluding hydrogens is 304 g/mol. The van der Waals surface area contributed by atoms with Crippen LogP contribution in [0.3, 0.4) is 0 Å². The zero-order valence-electron chi connectivity index (χ0n) is 12.5.